The van der Waals surface area contributed by atoms with E-state index in [1.165, 1.54) is 32.2 Å². The monoisotopic (exact) mass is 247 g/mol. The van der Waals surface area contributed by atoms with Gasteiger partial charge in [-0.05, 0) is 50.3 Å². The Bertz CT molecular complexity index is 325. The van der Waals surface area contributed by atoms with Gasteiger partial charge < -0.3 is 10.1 Å². The van der Waals surface area contributed by atoms with Crippen molar-refractivity contribution in [2.45, 2.75) is 45.1 Å². The number of hydrogen-bond acceptors (Lipinski definition) is 2. The van der Waals surface area contributed by atoms with Crippen molar-refractivity contribution in [1.29, 1.82) is 0 Å². The summed E-state index contributed by atoms with van der Waals surface area (Å²) in [6, 6.07) is 10.8. The molecule has 100 valence electrons. The summed E-state index contributed by atoms with van der Waals surface area (Å²) in [5.41, 5.74) is 0. The molecule has 1 aliphatic rings. The molecule has 1 heterocycles. The number of nitrogens with one attached hydrogen (secondary N) is 1. The Morgan fingerprint density at radius 1 is 1.28 bits per heavy atom. The minimum atomic E-state index is 0.711. The van der Waals surface area contributed by atoms with Crippen molar-refractivity contribution in [2.24, 2.45) is 5.92 Å². The summed E-state index contributed by atoms with van der Waals surface area (Å²) in [5, 5.41) is 3.63. The van der Waals surface area contributed by atoms with Crippen LogP contribution in [0.3, 0.4) is 0 Å². The van der Waals surface area contributed by atoms with Gasteiger partial charge in [-0.1, -0.05) is 31.5 Å². The third kappa shape index (κ3) is 4.34. The summed E-state index contributed by atoms with van der Waals surface area (Å²) in [4.78, 5) is 0. The number of benzene rings is 1. The third-order valence-corrected chi connectivity index (χ3v) is 3.89. The highest BCUT2D eigenvalue weighted by molar-refractivity contribution is 5.20. The predicted molar refractivity (Wildman–Crippen MR) is 76.0 cm³/mol. The maximum atomic E-state index is 5.72. The van der Waals surface area contributed by atoms with Crippen LogP contribution < -0.4 is 10.1 Å². The molecule has 0 spiro atoms. The molecule has 1 aromatic carbocycles. The highest BCUT2D eigenvalue weighted by Gasteiger charge is 2.19. The van der Waals surface area contributed by atoms with Crippen LogP contribution in [0.5, 0.6) is 5.75 Å². The molecule has 1 N–H and O–H groups in total. The zero-order valence-corrected chi connectivity index (χ0v) is 11.4. The Labute approximate surface area is 111 Å². The predicted octanol–water partition coefficient (Wildman–Crippen LogP) is 3.62. The molecule has 18 heavy (non-hydrogen) atoms. The maximum Gasteiger partial charge on any atom is 0.119 e. The van der Waals surface area contributed by atoms with Crippen LogP contribution in [-0.4, -0.2) is 19.2 Å². The molecule has 0 aromatic heterocycles. The van der Waals surface area contributed by atoms with E-state index in [1.54, 1.807) is 0 Å². The lowest BCUT2D eigenvalue weighted by Crippen LogP contribution is -2.38. The molecule has 0 amide bonds. The van der Waals surface area contributed by atoms with Crippen molar-refractivity contribution in [3.63, 3.8) is 0 Å². The molecule has 0 aliphatic carbocycles. The fraction of sp³-hybridized carbons (Fsp3) is 0.625. The lowest BCUT2D eigenvalue weighted by atomic mass is 9.88. The third-order valence-electron chi connectivity index (χ3n) is 3.89. The summed E-state index contributed by atoms with van der Waals surface area (Å²) in [7, 11) is 0. The van der Waals surface area contributed by atoms with Crippen molar-refractivity contribution in [3.8, 4) is 5.75 Å². The standard InChI is InChI=1S/C16H25NO/c1-2-14-10-11-17-15(13-14)7-6-12-18-16-8-4-3-5-9-16/h3-5,8-9,14-15,17H,2,6-7,10-13H2,1H3. The lowest BCUT2D eigenvalue weighted by Gasteiger charge is -2.29. The highest BCUT2D eigenvalue weighted by Crippen LogP contribution is 2.21. The average Bonchev–Trinajstić information content (AvgIpc) is 2.45. The molecule has 1 aromatic rings. The Morgan fingerprint density at radius 2 is 2.11 bits per heavy atom. The Hall–Kier alpha value is -1.02. The van der Waals surface area contributed by atoms with E-state index in [-0.39, 0.29) is 0 Å². The number of rotatable bonds is 6. The van der Waals surface area contributed by atoms with Gasteiger partial charge in [-0.3, -0.25) is 0 Å². The number of hydrogen-bond donors (Lipinski definition) is 1. The summed E-state index contributed by atoms with van der Waals surface area (Å²) >= 11 is 0. The summed E-state index contributed by atoms with van der Waals surface area (Å²) in [6.07, 6.45) is 6.42. The quantitative estimate of drug-likeness (QED) is 0.775. The zero-order valence-electron chi connectivity index (χ0n) is 11.4. The van der Waals surface area contributed by atoms with Crippen LogP contribution >= 0.6 is 0 Å². The molecule has 0 bridgehead atoms. The van der Waals surface area contributed by atoms with Gasteiger partial charge in [0.15, 0.2) is 0 Å². The normalized spacial score (nSPS) is 23.8. The Balaban J connectivity index is 1.60. The van der Waals surface area contributed by atoms with Crippen molar-refractivity contribution >= 4 is 0 Å². The number of ether oxygens (including phenoxy) is 1. The van der Waals surface area contributed by atoms with E-state index in [2.05, 4.69) is 12.2 Å². The highest BCUT2D eigenvalue weighted by atomic mass is 16.5. The van der Waals surface area contributed by atoms with Crippen molar-refractivity contribution in [2.75, 3.05) is 13.2 Å². The van der Waals surface area contributed by atoms with Crippen LogP contribution in [0.1, 0.15) is 39.0 Å². The number of para-hydroxylation sites is 1. The van der Waals surface area contributed by atoms with E-state index in [4.69, 9.17) is 4.74 Å². The molecule has 1 saturated heterocycles. The summed E-state index contributed by atoms with van der Waals surface area (Å²) in [5.74, 6) is 1.92. The van der Waals surface area contributed by atoms with Gasteiger partial charge in [-0.2, -0.15) is 0 Å². The van der Waals surface area contributed by atoms with Crippen LogP contribution in [0.25, 0.3) is 0 Å². The first-order chi connectivity index (χ1) is 8.88. The van der Waals surface area contributed by atoms with Gasteiger partial charge in [0.25, 0.3) is 0 Å². The second-order valence-electron chi connectivity index (χ2n) is 5.25. The SMILES string of the molecule is CCC1CCNC(CCCOc2ccccc2)C1. The first kappa shape index (κ1) is 13.4. The molecule has 0 saturated carbocycles. The fourth-order valence-electron chi connectivity index (χ4n) is 2.72. The van der Waals surface area contributed by atoms with E-state index in [1.807, 2.05) is 30.3 Å². The fourth-order valence-corrected chi connectivity index (χ4v) is 2.72. The van der Waals surface area contributed by atoms with Gasteiger partial charge >= 0.3 is 0 Å². The number of piperidine rings is 1. The Morgan fingerprint density at radius 3 is 2.89 bits per heavy atom. The Kier molecular flexibility index (Phi) is 5.53. The summed E-state index contributed by atoms with van der Waals surface area (Å²) < 4.78 is 5.72. The molecular weight excluding hydrogens is 222 g/mol. The van der Waals surface area contributed by atoms with Gasteiger partial charge in [0.1, 0.15) is 5.75 Å². The van der Waals surface area contributed by atoms with Crippen LogP contribution in [0.4, 0.5) is 0 Å². The van der Waals surface area contributed by atoms with E-state index < -0.39 is 0 Å². The van der Waals surface area contributed by atoms with E-state index in [0.717, 1.165) is 24.7 Å². The van der Waals surface area contributed by atoms with Crippen LogP contribution in [-0.2, 0) is 0 Å². The lowest BCUT2D eigenvalue weighted by molar-refractivity contribution is 0.254. The first-order valence-corrected chi connectivity index (χ1v) is 7.29. The van der Waals surface area contributed by atoms with E-state index in [0.29, 0.717) is 6.04 Å². The van der Waals surface area contributed by atoms with E-state index >= 15 is 0 Å². The molecule has 1 fully saturated rings. The van der Waals surface area contributed by atoms with Crippen LogP contribution in [0, 0.1) is 5.92 Å². The maximum absolute atomic E-state index is 5.72. The van der Waals surface area contributed by atoms with Crippen LogP contribution in [0.15, 0.2) is 30.3 Å². The average molecular weight is 247 g/mol. The molecule has 0 radical (unpaired) electrons. The second kappa shape index (κ2) is 7.42. The summed E-state index contributed by atoms with van der Waals surface area (Å²) in [6.45, 7) is 4.34. The first-order valence-electron chi connectivity index (χ1n) is 7.29. The van der Waals surface area contributed by atoms with Crippen molar-refractivity contribution in [1.82, 2.24) is 5.32 Å². The zero-order chi connectivity index (χ0) is 12.6. The van der Waals surface area contributed by atoms with Gasteiger partial charge in [-0.15, -0.1) is 0 Å². The molecule has 1 aliphatic heterocycles. The molecule has 2 unspecified atom stereocenters. The molecule has 2 nitrogen and oxygen atoms in total. The topological polar surface area (TPSA) is 21.3 Å². The molecule has 2 atom stereocenters. The minimum absolute atomic E-state index is 0.711. The van der Waals surface area contributed by atoms with Gasteiger partial charge in [-0.25, -0.2) is 0 Å². The van der Waals surface area contributed by atoms with Gasteiger partial charge in [0, 0.05) is 6.04 Å². The minimum Gasteiger partial charge on any atom is -0.494 e. The molecular formula is C16H25NO. The van der Waals surface area contributed by atoms with Crippen LogP contribution in [0.2, 0.25) is 0 Å². The van der Waals surface area contributed by atoms with Crippen molar-refractivity contribution < 1.29 is 4.74 Å². The largest absolute Gasteiger partial charge is 0.494 e. The van der Waals surface area contributed by atoms with Gasteiger partial charge in [0.2, 0.25) is 0 Å². The molecule has 2 heteroatoms. The second-order valence-corrected chi connectivity index (χ2v) is 5.25. The smallest absolute Gasteiger partial charge is 0.119 e. The van der Waals surface area contributed by atoms with Gasteiger partial charge in [0.05, 0.1) is 6.61 Å². The van der Waals surface area contributed by atoms with E-state index in [9.17, 15) is 0 Å². The molecule has 2 rings (SSSR count). The van der Waals surface area contributed by atoms with Crippen molar-refractivity contribution in [3.05, 3.63) is 30.3 Å².